The molecule has 0 aliphatic heterocycles. The predicted molar refractivity (Wildman–Crippen MR) is 77.5 cm³/mol. The SMILES string of the molecule is CCc1ccsc1C(=O)Nc1cc(Cl)ccc1N. The van der Waals surface area contributed by atoms with Gasteiger partial charge in [0.15, 0.2) is 0 Å². The lowest BCUT2D eigenvalue weighted by Crippen LogP contribution is -2.13. The van der Waals surface area contributed by atoms with Gasteiger partial charge in [-0.05, 0) is 41.6 Å². The van der Waals surface area contributed by atoms with Crippen LogP contribution in [-0.4, -0.2) is 5.91 Å². The largest absolute Gasteiger partial charge is 0.397 e. The van der Waals surface area contributed by atoms with Crippen LogP contribution in [0.4, 0.5) is 11.4 Å². The molecule has 2 aromatic rings. The summed E-state index contributed by atoms with van der Waals surface area (Å²) < 4.78 is 0. The van der Waals surface area contributed by atoms with Crippen LogP contribution in [0, 0.1) is 0 Å². The standard InChI is InChI=1S/C13H13ClN2OS/c1-2-8-5-6-18-12(8)13(17)16-11-7-9(14)3-4-10(11)15/h3-7H,2,15H2,1H3,(H,16,17). The Morgan fingerprint density at radius 2 is 2.22 bits per heavy atom. The van der Waals surface area contributed by atoms with Gasteiger partial charge in [-0.2, -0.15) is 0 Å². The third-order valence-corrected chi connectivity index (χ3v) is 3.79. The van der Waals surface area contributed by atoms with Gasteiger partial charge in [0, 0.05) is 5.02 Å². The van der Waals surface area contributed by atoms with E-state index in [1.54, 1.807) is 18.2 Å². The molecule has 1 aromatic carbocycles. The Morgan fingerprint density at radius 3 is 2.94 bits per heavy atom. The molecule has 0 fully saturated rings. The quantitative estimate of drug-likeness (QED) is 0.840. The van der Waals surface area contributed by atoms with Crippen LogP contribution in [0.1, 0.15) is 22.2 Å². The number of thiophene rings is 1. The molecule has 18 heavy (non-hydrogen) atoms. The average molecular weight is 281 g/mol. The van der Waals surface area contributed by atoms with Crippen LogP contribution < -0.4 is 11.1 Å². The van der Waals surface area contributed by atoms with E-state index in [-0.39, 0.29) is 5.91 Å². The van der Waals surface area contributed by atoms with Crippen molar-refractivity contribution in [2.75, 3.05) is 11.1 Å². The minimum absolute atomic E-state index is 0.143. The summed E-state index contributed by atoms with van der Waals surface area (Å²) in [6.07, 6.45) is 0.831. The van der Waals surface area contributed by atoms with E-state index in [0.29, 0.717) is 16.4 Å². The Bertz CT molecular complexity index is 580. The van der Waals surface area contributed by atoms with Crippen LogP contribution >= 0.6 is 22.9 Å². The Morgan fingerprint density at radius 1 is 1.44 bits per heavy atom. The molecular formula is C13H13ClN2OS. The van der Waals surface area contributed by atoms with Gasteiger partial charge in [-0.25, -0.2) is 0 Å². The van der Waals surface area contributed by atoms with E-state index in [4.69, 9.17) is 17.3 Å². The van der Waals surface area contributed by atoms with Gasteiger partial charge < -0.3 is 11.1 Å². The van der Waals surface area contributed by atoms with Crippen LogP contribution in [0.2, 0.25) is 5.02 Å². The van der Waals surface area contributed by atoms with Crippen LogP contribution in [0.5, 0.6) is 0 Å². The summed E-state index contributed by atoms with van der Waals surface area (Å²) in [5.74, 6) is -0.143. The number of rotatable bonds is 3. The first-order valence-corrected chi connectivity index (χ1v) is 6.80. The molecule has 2 rings (SSSR count). The number of benzene rings is 1. The molecule has 0 saturated heterocycles. The Balaban J connectivity index is 2.24. The highest BCUT2D eigenvalue weighted by atomic mass is 35.5. The van der Waals surface area contributed by atoms with Gasteiger partial charge in [0.25, 0.3) is 5.91 Å². The number of halogens is 1. The summed E-state index contributed by atoms with van der Waals surface area (Å²) in [4.78, 5) is 12.8. The third kappa shape index (κ3) is 2.66. The highest BCUT2D eigenvalue weighted by molar-refractivity contribution is 7.12. The van der Waals surface area contributed by atoms with Crippen LogP contribution in [0.25, 0.3) is 0 Å². The van der Waals surface area contributed by atoms with Crippen LogP contribution in [0.3, 0.4) is 0 Å². The molecule has 0 saturated carbocycles. The monoisotopic (exact) mass is 280 g/mol. The summed E-state index contributed by atoms with van der Waals surface area (Å²) in [5.41, 5.74) is 7.88. The number of anilines is 2. The predicted octanol–water partition coefficient (Wildman–Crippen LogP) is 3.80. The molecule has 3 N–H and O–H groups in total. The van der Waals surface area contributed by atoms with Crippen molar-refractivity contribution in [2.24, 2.45) is 0 Å². The number of carbonyl (C=O) groups excluding carboxylic acids is 1. The third-order valence-electron chi connectivity index (χ3n) is 2.60. The fourth-order valence-corrected chi connectivity index (χ4v) is 2.69. The molecule has 0 aliphatic carbocycles. The lowest BCUT2D eigenvalue weighted by atomic mass is 10.2. The first kappa shape index (κ1) is 12.9. The van der Waals surface area contributed by atoms with E-state index < -0.39 is 0 Å². The number of carbonyl (C=O) groups is 1. The second-order valence-electron chi connectivity index (χ2n) is 3.81. The zero-order chi connectivity index (χ0) is 13.1. The second kappa shape index (κ2) is 5.42. The normalized spacial score (nSPS) is 10.3. The fourth-order valence-electron chi connectivity index (χ4n) is 1.63. The van der Waals surface area contributed by atoms with Gasteiger partial charge in [-0.15, -0.1) is 11.3 Å². The van der Waals surface area contributed by atoms with E-state index in [1.165, 1.54) is 11.3 Å². The number of hydrogen-bond acceptors (Lipinski definition) is 3. The smallest absolute Gasteiger partial charge is 0.266 e. The van der Waals surface area contributed by atoms with Crippen molar-refractivity contribution in [3.8, 4) is 0 Å². The van der Waals surface area contributed by atoms with Crippen molar-refractivity contribution in [1.29, 1.82) is 0 Å². The molecule has 1 amide bonds. The molecule has 1 heterocycles. The van der Waals surface area contributed by atoms with Crippen molar-refractivity contribution >= 4 is 40.2 Å². The van der Waals surface area contributed by atoms with Crippen molar-refractivity contribution in [2.45, 2.75) is 13.3 Å². The van der Waals surface area contributed by atoms with E-state index >= 15 is 0 Å². The molecule has 0 aliphatic rings. The van der Waals surface area contributed by atoms with Crippen molar-refractivity contribution in [3.05, 3.63) is 45.1 Å². The van der Waals surface area contributed by atoms with Crippen LogP contribution in [-0.2, 0) is 6.42 Å². The Kier molecular flexibility index (Phi) is 3.89. The maximum Gasteiger partial charge on any atom is 0.266 e. The van der Waals surface area contributed by atoms with Gasteiger partial charge in [-0.1, -0.05) is 18.5 Å². The summed E-state index contributed by atoms with van der Waals surface area (Å²) in [5, 5.41) is 5.24. The minimum atomic E-state index is -0.143. The number of nitrogens with one attached hydrogen (secondary N) is 1. The van der Waals surface area contributed by atoms with Crippen LogP contribution in [0.15, 0.2) is 29.6 Å². The number of amides is 1. The molecule has 0 bridgehead atoms. The molecule has 0 radical (unpaired) electrons. The maximum absolute atomic E-state index is 12.1. The first-order valence-electron chi connectivity index (χ1n) is 5.54. The zero-order valence-electron chi connectivity index (χ0n) is 9.87. The van der Waals surface area contributed by atoms with E-state index in [0.717, 1.165) is 16.9 Å². The van der Waals surface area contributed by atoms with Gasteiger partial charge >= 0.3 is 0 Å². The summed E-state index contributed by atoms with van der Waals surface area (Å²) in [6.45, 7) is 2.02. The fraction of sp³-hybridized carbons (Fsp3) is 0.154. The molecule has 0 atom stereocenters. The number of nitrogens with two attached hydrogens (primary N) is 1. The van der Waals surface area contributed by atoms with Gasteiger partial charge in [-0.3, -0.25) is 4.79 Å². The summed E-state index contributed by atoms with van der Waals surface area (Å²) >= 11 is 7.31. The zero-order valence-corrected chi connectivity index (χ0v) is 11.4. The Hall–Kier alpha value is -1.52. The second-order valence-corrected chi connectivity index (χ2v) is 5.17. The number of hydrogen-bond donors (Lipinski definition) is 2. The molecule has 0 spiro atoms. The van der Waals surface area contributed by atoms with E-state index in [1.807, 2.05) is 18.4 Å². The average Bonchev–Trinajstić information content (AvgIpc) is 2.82. The topological polar surface area (TPSA) is 55.1 Å². The van der Waals surface area contributed by atoms with E-state index in [9.17, 15) is 4.79 Å². The molecule has 1 aromatic heterocycles. The van der Waals surface area contributed by atoms with Crippen molar-refractivity contribution in [1.82, 2.24) is 0 Å². The molecule has 3 nitrogen and oxygen atoms in total. The first-order chi connectivity index (χ1) is 8.61. The minimum Gasteiger partial charge on any atom is -0.397 e. The van der Waals surface area contributed by atoms with Gasteiger partial charge in [0.2, 0.25) is 0 Å². The summed E-state index contributed by atoms with van der Waals surface area (Å²) in [6, 6.07) is 6.97. The lowest BCUT2D eigenvalue weighted by Gasteiger charge is -2.08. The molecule has 94 valence electrons. The van der Waals surface area contributed by atoms with Crippen molar-refractivity contribution < 1.29 is 4.79 Å². The molecule has 5 heteroatoms. The number of nitrogen functional groups attached to an aromatic ring is 1. The van der Waals surface area contributed by atoms with E-state index in [2.05, 4.69) is 5.32 Å². The molecule has 0 unspecified atom stereocenters. The molecular weight excluding hydrogens is 268 g/mol. The number of aryl methyl sites for hydroxylation is 1. The highest BCUT2D eigenvalue weighted by Crippen LogP contribution is 2.25. The Labute approximate surface area is 115 Å². The maximum atomic E-state index is 12.1. The lowest BCUT2D eigenvalue weighted by molar-refractivity contribution is 0.103. The highest BCUT2D eigenvalue weighted by Gasteiger charge is 2.13. The van der Waals surface area contributed by atoms with Gasteiger partial charge in [0.05, 0.1) is 16.3 Å². The van der Waals surface area contributed by atoms with Gasteiger partial charge in [0.1, 0.15) is 0 Å². The summed E-state index contributed by atoms with van der Waals surface area (Å²) in [7, 11) is 0. The van der Waals surface area contributed by atoms with Crippen molar-refractivity contribution in [3.63, 3.8) is 0 Å².